The monoisotopic (exact) mass is 519 g/mol. The van der Waals surface area contributed by atoms with Gasteiger partial charge in [0.25, 0.3) is 8.32 Å². The van der Waals surface area contributed by atoms with Crippen molar-refractivity contribution in [3.63, 3.8) is 0 Å². The zero-order valence-electron chi connectivity index (χ0n) is 22.0. The second-order valence-corrected chi connectivity index (χ2v) is 13.6. The van der Waals surface area contributed by atoms with E-state index in [4.69, 9.17) is 4.43 Å². The standard InChI is InChI=1S/C34H37NO2Si/c36-34(35-29-18-8-2-9-19-29)33(27-26-28-16-6-1-7-17-28)37-38(30-20-10-3-11-21-30,31-22-12-4-13-23-31)32-24-14-5-15-25-32/h1,3-7,10-17,20-25,29,33H,2,8-9,18-19,26-27H2,(H,35,36). The van der Waals surface area contributed by atoms with E-state index in [1.54, 1.807) is 0 Å². The van der Waals surface area contributed by atoms with Crippen molar-refractivity contribution in [3.05, 3.63) is 127 Å². The lowest BCUT2D eigenvalue weighted by molar-refractivity contribution is -0.129. The zero-order valence-corrected chi connectivity index (χ0v) is 23.0. The molecule has 0 saturated heterocycles. The maximum Gasteiger partial charge on any atom is 0.289 e. The average molecular weight is 520 g/mol. The number of amides is 1. The van der Waals surface area contributed by atoms with Crippen LogP contribution in [0.5, 0.6) is 0 Å². The third kappa shape index (κ3) is 6.15. The van der Waals surface area contributed by atoms with Gasteiger partial charge in [0, 0.05) is 6.04 Å². The van der Waals surface area contributed by atoms with E-state index in [1.165, 1.54) is 24.8 Å². The van der Waals surface area contributed by atoms with Crippen molar-refractivity contribution in [1.82, 2.24) is 5.32 Å². The van der Waals surface area contributed by atoms with Crippen molar-refractivity contribution in [1.29, 1.82) is 0 Å². The molecule has 0 radical (unpaired) electrons. The molecule has 5 rings (SSSR count). The maximum atomic E-state index is 14.0. The highest BCUT2D eigenvalue weighted by atomic mass is 28.4. The highest BCUT2D eigenvalue weighted by Gasteiger charge is 2.45. The highest BCUT2D eigenvalue weighted by molar-refractivity contribution is 7.07. The van der Waals surface area contributed by atoms with Crippen LogP contribution in [0.3, 0.4) is 0 Å². The van der Waals surface area contributed by atoms with Crippen LogP contribution in [0.1, 0.15) is 44.1 Å². The Balaban J connectivity index is 1.57. The Morgan fingerprint density at radius 2 is 1.13 bits per heavy atom. The minimum Gasteiger partial charge on any atom is -0.392 e. The molecule has 1 aliphatic carbocycles. The Hall–Kier alpha value is -3.47. The van der Waals surface area contributed by atoms with Gasteiger partial charge in [-0.2, -0.15) is 0 Å². The normalized spacial score (nSPS) is 15.1. The van der Waals surface area contributed by atoms with E-state index in [0.717, 1.165) is 34.8 Å². The number of aryl methyl sites for hydroxylation is 1. The van der Waals surface area contributed by atoms with Gasteiger partial charge >= 0.3 is 0 Å². The van der Waals surface area contributed by atoms with Gasteiger partial charge in [-0.3, -0.25) is 4.79 Å². The van der Waals surface area contributed by atoms with Crippen molar-refractivity contribution < 1.29 is 9.22 Å². The number of hydrogen-bond acceptors (Lipinski definition) is 2. The van der Waals surface area contributed by atoms with E-state index in [9.17, 15) is 4.79 Å². The summed E-state index contributed by atoms with van der Waals surface area (Å²) in [7, 11) is -3.01. The molecule has 0 bridgehead atoms. The molecule has 0 aromatic heterocycles. The first-order valence-corrected chi connectivity index (χ1v) is 15.9. The molecule has 1 unspecified atom stereocenters. The molecule has 0 aliphatic heterocycles. The summed E-state index contributed by atoms with van der Waals surface area (Å²) < 4.78 is 7.35. The summed E-state index contributed by atoms with van der Waals surface area (Å²) in [5.74, 6) is 0.0208. The van der Waals surface area contributed by atoms with Crippen LogP contribution in [-0.4, -0.2) is 26.4 Å². The van der Waals surface area contributed by atoms with E-state index in [1.807, 2.05) is 24.3 Å². The van der Waals surface area contributed by atoms with Crippen molar-refractivity contribution in [2.24, 2.45) is 0 Å². The average Bonchev–Trinajstić information content (AvgIpc) is 3.00. The number of nitrogens with one attached hydrogen (secondary N) is 1. The van der Waals surface area contributed by atoms with Gasteiger partial charge in [0.2, 0.25) is 5.91 Å². The first-order chi connectivity index (χ1) is 18.8. The molecule has 194 valence electrons. The van der Waals surface area contributed by atoms with E-state index in [-0.39, 0.29) is 11.9 Å². The van der Waals surface area contributed by atoms with Gasteiger partial charge in [0.15, 0.2) is 0 Å². The van der Waals surface area contributed by atoms with Gasteiger partial charge in [-0.1, -0.05) is 141 Å². The van der Waals surface area contributed by atoms with Crippen molar-refractivity contribution in [2.75, 3.05) is 0 Å². The quantitative estimate of drug-likeness (QED) is 0.233. The van der Waals surface area contributed by atoms with Crippen LogP contribution >= 0.6 is 0 Å². The molecule has 1 amide bonds. The fraction of sp³-hybridized carbons (Fsp3) is 0.265. The lowest BCUT2D eigenvalue weighted by Crippen LogP contribution is -2.71. The second-order valence-electron chi connectivity index (χ2n) is 10.3. The lowest BCUT2D eigenvalue weighted by Gasteiger charge is -2.37. The van der Waals surface area contributed by atoms with Gasteiger partial charge in [-0.05, 0) is 46.8 Å². The molecule has 1 N–H and O–H groups in total. The zero-order chi connectivity index (χ0) is 26.0. The number of rotatable bonds is 10. The van der Waals surface area contributed by atoms with Crippen LogP contribution < -0.4 is 20.9 Å². The summed E-state index contributed by atoms with van der Waals surface area (Å²) in [6.07, 6.45) is 6.56. The smallest absolute Gasteiger partial charge is 0.289 e. The minimum atomic E-state index is -3.01. The summed E-state index contributed by atoms with van der Waals surface area (Å²) in [5, 5.41) is 6.83. The van der Waals surface area contributed by atoms with Crippen molar-refractivity contribution >= 4 is 29.8 Å². The van der Waals surface area contributed by atoms with Gasteiger partial charge in [-0.25, -0.2) is 0 Å². The summed E-state index contributed by atoms with van der Waals surface area (Å²) >= 11 is 0. The number of carbonyl (C=O) groups excluding carboxylic acids is 1. The van der Waals surface area contributed by atoms with Crippen LogP contribution in [0.15, 0.2) is 121 Å². The minimum absolute atomic E-state index is 0.0208. The van der Waals surface area contributed by atoms with Crippen LogP contribution in [-0.2, 0) is 15.6 Å². The first-order valence-electron chi connectivity index (χ1n) is 13.9. The molecular weight excluding hydrogens is 482 g/mol. The predicted molar refractivity (Wildman–Crippen MR) is 159 cm³/mol. The molecule has 4 aromatic carbocycles. The molecule has 38 heavy (non-hydrogen) atoms. The maximum absolute atomic E-state index is 14.0. The SMILES string of the molecule is O=C(NC1CCCCC1)C(CCc1ccccc1)O[Si](c1ccccc1)(c1ccccc1)c1ccccc1. The van der Waals surface area contributed by atoms with Crippen LogP contribution in [0.25, 0.3) is 0 Å². The number of benzene rings is 4. The summed E-state index contributed by atoms with van der Waals surface area (Å²) in [6.45, 7) is 0. The Morgan fingerprint density at radius 3 is 1.61 bits per heavy atom. The fourth-order valence-electron chi connectivity index (χ4n) is 5.66. The fourth-order valence-corrected chi connectivity index (χ4v) is 9.71. The number of carbonyl (C=O) groups is 1. The summed E-state index contributed by atoms with van der Waals surface area (Å²) in [4.78, 5) is 14.0. The first kappa shape index (κ1) is 26.1. The third-order valence-corrected chi connectivity index (χ3v) is 11.7. The molecule has 3 nitrogen and oxygen atoms in total. The molecule has 1 aliphatic rings. The molecule has 1 atom stereocenters. The lowest BCUT2D eigenvalue weighted by atomic mass is 9.95. The summed E-state index contributed by atoms with van der Waals surface area (Å²) in [6, 6.07) is 42.2. The molecule has 0 spiro atoms. The Kier molecular flexibility index (Phi) is 8.85. The van der Waals surface area contributed by atoms with Crippen molar-refractivity contribution in [3.8, 4) is 0 Å². The summed E-state index contributed by atoms with van der Waals surface area (Å²) in [5.41, 5.74) is 1.22. The molecule has 4 aromatic rings. The number of hydrogen-bond donors (Lipinski definition) is 1. The van der Waals surface area contributed by atoms with Gasteiger partial charge < -0.3 is 9.74 Å². The molecule has 0 heterocycles. The Labute approximate surface area is 228 Å². The molecule has 1 saturated carbocycles. The van der Waals surface area contributed by atoms with Crippen LogP contribution in [0.2, 0.25) is 0 Å². The van der Waals surface area contributed by atoms with Crippen LogP contribution in [0.4, 0.5) is 0 Å². The Bertz CT molecular complexity index is 1160. The third-order valence-electron chi connectivity index (χ3n) is 7.64. The Morgan fingerprint density at radius 1 is 0.684 bits per heavy atom. The molecule has 1 fully saturated rings. The van der Waals surface area contributed by atoms with E-state index >= 15 is 0 Å². The van der Waals surface area contributed by atoms with Gasteiger partial charge in [0.05, 0.1) is 0 Å². The highest BCUT2D eigenvalue weighted by Crippen LogP contribution is 2.20. The van der Waals surface area contributed by atoms with E-state index in [0.29, 0.717) is 6.42 Å². The predicted octanol–water partition coefficient (Wildman–Crippen LogP) is 5.12. The van der Waals surface area contributed by atoms with E-state index < -0.39 is 14.4 Å². The molecule has 4 heteroatoms. The molecular formula is C34H37NO2Si. The van der Waals surface area contributed by atoms with Gasteiger partial charge in [-0.15, -0.1) is 0 Å². The van der Waals surface area contributed by atoms with Gasteiger partial charge in [0.1, 0.15) is 6.10 Å². The topological polar surface area (TPSA) is 38.3 Å². The largest absolute Gasteiger partial charge is 0.392 e. The van der Waals surface area contributed by atoms with E-state index in [2.05, 4.69) is 102 Å². The van der Waals surface area contributed by atoms with Crippen LogP contribution in [0, 0.1) is 0 Å². The second kappa shape index (κ2) is 12.9. The van der Waals surface area contributed by atoms with Crippen molar-refractivity contribution in [2.45, 2.75) is 57.1 Å².